The molecule has 0 saturated carbocycles. The summed E-state index contributed by atoms with van der Waals surface area (Å²) in [6.45, 7) is -0.296. The molecule has 0 amide bonds. The van der Waals surface area contributed by atoms with E-state index < -0.39 is 28.7 Å². The molecule has 0 atom stereocenters. The van der Waals surface area contributed by atoms with Gasteiger partial charge in [0.1, 0.15) is 22.9 Å². The fourth-order valence-electron chi connectivity index (χ4n) is 4.69. The minimum Gasteiger partial charge on any atom is -0.477 e. The number of aromatic nitrogens is 3. The number of hydrogen-bond donors (Lipinski definition) is 3. The second-order valence-corrected chi connectivity index (χ2v) is 8.30. The molecule has 4 heterocycles. The molecular weight excluding hydrogens is 472 g/mol. The van der Waals surface area contributed by atoms with Gasteiger partial charge in [0.05, 0.1) is 40.2 Å². The van der Waals surface area contributed by atoms with Crippen molar-refractivity contribution in [2.75, 3.05) is 0 Å². The first-order valence-electron chi connectivity index (χ1n) is 10.8. The van der Waals surface area contributed by atoms with Crippen LogP contribution in [0.3, 0.4) is 0 Å². The second-order valence-electron chi connectivity index (χ2n) is 8.30. The molecule has 10 heteroatoms. The molecule has 2 aromatic carbocycles. The number of aromatic carboxylic acids is 1. The monoisotopic (exact) mass is 487 g/mol. The number of hydrogen-bond acceptors (Lipinski definition) is 4. The van der Waals surface area contributed by atoms with Gasteiger partial charge in [-0.3, -0.25) is 9.59 Å². The molecule has 0 unspecified atom stereocenters. The van der Waals surface area contributed by atoms with E-state index in [1.54, 1.807) is 0 Å². The van der Waals surface area contributed by atoms with Crippen LogP contribution in [0.4, 0.5) is 8.78 Å². The number of furan rings is 1. The van der Waals surface area contributed by atoms with Crippen LogP contribution in [0.15, 0.2) is 75.0 Å². The molecule has 0 radical (unpaired) electrons. The van der Waals surface area contributed by atoms with Gasteiger partial charge < -0.3 is 24.1 Å². The van der Waals surface area contributed by atoms with E-state index >= 15 is 8.78 Å². The first-order valence-corrected chi connectivity index (χ1v) is 10.8. The van der Waals surface area contributed by atoms with Crippen LogP contribution in [0.5, 0.6) is 0 Å². The zero-order valence-corrected chi connectivity index (χ0v) is 18.3. The summed E-state index contributed by atoms with van der Waals surface area (Å²) in [5.41, 5.74) is -0.636. The minimum atomic E-state index is -1.39. The van der Waals surface area contributed by atoms with Gasteiger partial charge >= 0.3 is 5.97 Å². The number of benzene rings is 2. The quantitative estimate of drug-likeness (QED) is 0.335. The standard InChI is InChI=1S/C26H15F2N3O5/c27-16-9-18-12(3-4-20(32)30-18)8-13(16)11-31-19-10-17(28)14-5-7-36-24(14)22(19)21(23(31)26(34)35)15-2-1-6-29-25(15)33/h1-10H,11H2,(H,29,33)(H,30,32)(H,34,35). The van der Waals surface area contributed by atoms with E-state index in [0.29, 0.717) is 5.39 Å². The molecule has 0 aliphatic carbocycles. The van der Waals surface area contributed by atoms with Gasteiger partial charge in [0.25, 0.3) is 5.56 Å². The Labute approximate surface area is 199 Å². The molecule has 0 fully saturated rings. The summed E-state index contributed by atoms with van der Waals surface area (Å²) in [4.78, 5) is 42.0. The highest BCUT2D eigenvalue weighted by Gasteiger charge is 2.29. The van der Waals surface area contributed by atoms with Crippen molar-refractivity contribution in [3.05, 3.63) is 105 Å². The predicted molar refractivity (Wildman–Crippen MR) is 128 cm³/mol. The zero-order chi connectivity index (χ0) is 25.1. The number of rotatable bonds is 4. The van der Waals surface area contributed by atoms with Crippen molar-refractivity contribution in [2.24, 2.45) is 0 Å². The van der Waals surface area contributed by atoms with Crippen LogP contribution in [-0.4, -0.2) is 25.6 Å². The Balaban J connectivity index is 1.72. The maximum Gasteiger partial charge on any atom is 0.353 e. The predicted octanol–water partition coefficient (Wildman–Crippen LogP) is 4.61. The van der Waals surface area contributed by atoms with Gasteiger partial charge in [-0.25, -0.2) is 13.6 Å². The van der Waals surface area contributed by atoms with Gasteiger partial charge in [-0.2, -0.15) is 0 Å². The summed E-state index contributed by atoms with van der Waals surface area (Å²) in [5.74, 6) is -2.75. The highest BCUT2D eigenvalue weighted by molar-refractivity contribution is 6.17. The fourth-order valence-corrected chi connectivity index (χ4v) is 4.69. The van der Waals surface area contributed by atoms with Gasteiger partial charge in [0, 0.05) is 23.4 Å². The Morgan fingerprint density at radius 3 is 2.67 bits per heavy atom. The summed E-state index contributed by atoms with van der Waals surface area (Å²) in [6, 6.07) is 11.0. The molecule has 0 aliphatic heterocycles. The summed E-state index contributed by atoms with van der Waals surface area (Å²) in [7, 11) is 0. The van der Waals surface area contributed by atoms with Gasteiger partial charge in [-0.1, -0.05) is 0 Å². The number of carboxylic acids is 1. The van der Waals surface area contributed by atoms with Crippen LogP contribution in [0.1, 0.15) is 16.1 Å². The number of H-pyrrole nitrogens is 2. The first kappa shape index (κ1) is 21.5. The van der Waals surface area contributed by atoms with Gasteiger partial charge in [-0.05, 0) is 47.9 Å². The number of pyridine rings is 2. The largest absolute Gasteiger partial charge is 0.477 e. The van der Waals surface area contributed by atoms with Crippen molar-refractivity contribution in [1.82, 2.24) is 14.5 Å². The molecule has 6 rings (SSSR count). The molecule has 0 aliphatic rings. The molecule has 0 spiro atoms. The highest BCUT2D eigenvalue weighted by atomic mass is 19.1. The van der Waals surface area contributed by atoms with E-state index in [-0.39, 0.29) is 56.3 Å². The van der Waals surface area contributed by atoms with Gasteiger partial charge in [0.2, 0.25) is 5.56 Å². The lowest BCUT2D eigenvalue weighted by molar-refractivity contribution is 0.0687. The van der Waals surface area contributed by atoms with Crippen molar-refractivity contribution in [3.63, 3.8) is 0 Å². The molecule has 0 bridgehead atoms. The summed E-state index contributed by atoms with van der Waals surface area (Å²) >= 11 is 0. The van der Waals surface area contributed by atoms with E-state index in [4.69, 9.17) is 4.42 Å². The molecular formula is C26H15F2N3O5. The van der Waals surface area contributed by atoms with E-state index in [1.807, 2.05) is 0 Å². The number of fused-ring (bicyclic) bond motifs is 4. The molecule has 178 valence electrons. The Kier molecular flexibility index (Phi) is 4.65. The van der Waals surface area contributed by atoms with Gasteiger partial charge in [0.15, 0.2) is 0 Å². The maximum atomic E-state index is 15.1. The van der Waals surface area contributed by atoms with E-state index in [2.05, 4.69) is 9.97 Å². The Morgan fingerprint density at radius 1 is 1.06 bits per heavy atom. The average molecular weight is 487 g/mol. The Morgan fingerprint density at radius 2 is 1.89 bits per heavy atom. The third-order valence-corrected chi connectivity index (χ3v) is 6.23. The number of nitrogens with one attached hydrogen (secondary N) is 2. The summed E-state index contributed by atoms with van der Waals surface area (Å²) in [6.07, 6.45) is 2.68. The van der Waals surface area contributed by atoms with Crippen LogP contribution in [0.2, 0.25) is 0 Å². The van der Waals surface area contributed by atoms with Crippen molar-refractivity contribution < 1.29 is 23.1 Å². The fraction of sp³-hybridized carbons (Fsp3) is 0.0385. The maximum absolute atomic E-state index is 15.1. The molecule has 8 nitrogen and oxygen atoms in total. The van der Waals surface area contributed by atoms with E-state index in [0.717, 1.165) is 12.1 Å². The lowest BCUT2D eigenvalue weighted by Gasteiger charge is -2.11. The topological polar surface area (TPSA) is 121 Å². The number of nitrogens with zero attached hydrogens (tertiary/aromatic N) is 1. The average Bonchev–Trinajstić information content (AvgIpc) is 3.44. The number of halogens is 2. The molecule has 0 saturated heterocycles. The highest BCUT2D eigenvalue weighted by Crippen LogP contribution is 2.40. The van der Waals surface area contributed by atoms with Crippen molar-refractivity contribution in [2.45, 2.75) is 6.54 Å². The van der Waals surface area contributed by atoms with Crippen LogP contribution in [0.25, 0.3) is 43.9 Å². The number of carboxylic acid groups (broad SMARTS) is 1. The van der Waals surface area contributed by atoms with Crippen molar-refractivity contribution in [1.29, 1.82) is 0 Å². The molecule has 36 heavy (non-hydrogen) atoms. The Bertz CT molecular complexity index is 1980. The zero-order valence-electron chi connectivity index (χ0n) is 18.3. The van der Waals surface area contributed by atoms with Crippen molar-refractivity contribution >= 4 is 38.7 Å². The summed E-state index contributed by atoms with van der Waals surface area (Å²) in [5, 5.41) is 11.1. The first-order chi connectivity index (χ1) is 17.3. The SMILES string of the molecule is O=C(O)c1c(-c2ccc[nH]c2=O)c2c3occc3c(F)cc2n1Cc1cc2ccc(=O)[nH]c2cc1F. The molecule has 3 N–H and O–H groups in total. The van der Waals surface area contributed by atoms with Crippen LogP contribution in [0, 0.1) is 11.6 Å². The van der Waals surface area contributed by atoms with E-state index in [1.165, 1.54) is 53.4 Å². The normalized spacial score (nSPS) is 11.6. The lowest BCUT2D eigenvalue weighted by atomic mass is 10.0. The lowest BCUT2D eigenvalue weighted by Crippen LogP contribution is -2.14. The number of carbonyl (C=O) groups is 1. The van der Waals surface area contributed by atoms with Crippen LogP contribution < -0.4 is 11.1 Å². The van der Waals surface area contributed by atoms with E-state index in [9.17, 15) is 19.5 Å². The van der Waals surface area contributed by atoms with Gasteiger partial charge in [-0.15, -0.1) is 0 Å². The van der Waals surface area contributed by atoms with Crippen molar-refractivity contribution in [3.8, 4) is 11.1 Å². The third kappa shape index (κ3) is 3.15. The Hall–Kier alpha value is -4.99. The van der Waals surface area contributed by atoms with Crippen LogP contribution in [-0.2, 0) is 6.54 Å². The summed E-state index contributed by atoms with van der Waals surface area (Å²) < 4.78 is 36.9. The molecule has 6 aromatic rings. The molecule has 4 aromatic heterocycles. The van der Waals surface area contributed by atoms with Crippen LogP contribution >= 0.6 is 0 Å². The third-order valence-electron chi connectivity index (χ3n) is 6.23. The second kappa shape index (κ2) is 7.77. The number of aromatic amines is 2. The smallest absolute Gasteiger partial charge is 0.353 e. The minimum absolute atomic E-state index is 0.0322.